The van der Waals surface area contributed by atoms with Crippen molar-refractivity contribution >= 4 is 5.95 Å². The van der Waals surface area contributed by atoms with Crippen LogP contribution in [0.4, 0.5) is 10.3 Å². The van der Waals surface area contributed by atoms with Crippen LogP contribution in [0.15, 0.2) is 30.5 Å². The van der Waals surface area contributed by atoms with Crippen LogP contribution in [0.2, 0.25) is 0 Å². The van der Waals surface area contributed by atoms with Crippen molar-refractivity contribution in [3.05, 3.63) is 47.5 Å². The predicted molar refractivity (Wildman–Crippen MR) is 82.9 cm³/mol. The summed E-state index contributed by atoms with van der Waals surface area (Å²) in [6, 6.07) is 7.38. The summed E-state index contributed by atoms with van der Waals surface area (Å²) < 4.78 is 15.4. The molecule has 1 heterocycles. The maximum absolute atomic E-state index is 13.2. The molecule has 21 heavy (non-hydrogen) atoms. The fraction of sp³-hybridized carbons (Fsp3) is 0.471. The summed E-state index contributed by atoms with van der Waals surface area (Å²) in [5.41, 5.74) is 2.04. The van der Waals surface area contributed by atoms with Crippen LogP contribution in [-0.2, 0) is 13.0 Å². The molecule has 0 radical (unpaired) electrons. The fourth-order valence-corrected chi connectivity index (χ4v) is 3.03. The molecule has 1 fully saturated rings. The van der Waals surface area contributed by atoms with Crippen LogP contribution in [0.3, 0.4) is 0 Å². The van der Waals surface area contributed by atoms with E-state index in [1.807, 2.05) is 13.0 Å². The standard InChI is InChI=1S/C17H22FN3/c1-13-12-21(10-9-14-5-4-6-15(18)11-14)17(19-13)20-16-7-2-3-8-16/h4-6,11-12,16H,2-3,7-10H2,1H3,(H,19,20). The first-order valence-corrected chi connectivity index (χ1v) is 7.75. The normalized spacial score (nSPS) is 15.5. The Balaban J connectivity index is 1.67. The molecule has 2 aromatic rings. The van der Waals surface area contributed by atoms with Gasteiger partial charge in [-0.15, -0.1) is 0 Å². The number of aromatic nitrogens is 2. The Kier molecular flexibility index (Phi) is 4.23. The second kappa shape index (κ2) is 6.29. The van der Waals surface area contributed by atoms with Gasteiger partial charge in [-0.05, 0) is 43.9 Å². The van der Waals surface area contributed by atoms with E-state index < -0.39 is 0 Å². The summed E-state index contributed by atoms with van der Waals surface area (Å²) in [5, 5.41) is 3.56. The predicted octanol–water partition coefficient (Wildman–Crippen LogP) is 3.93. The van der Waals surface area contributed by atoms with Gasteiger partial charge in [0.2, 0.25) is 5.95 Å². The minimum atomic E-state index is -0.168. The van der Waals surface area contributed by atoms with E-state index in [0.717, 1.165) is 30.2 Å². The summed E-state index contributed by atoms with van der Waals surface area (Å²) >= 11 is 0. The minimum absolute atomic E-state index is 0.168. The number of nitrogens with one attached hydrogen (secondary N) is 1. The quantitative estimate of drug-likeness (QED) is 0.903. The molecular weight excluding hydrogens is 265 g/mol. The molecule has 0 unspecified atom stereocenters. The molecule has 1 N–H and O–H groups in total. The second-order valence-corrected chi connectivity index (χ2v) is 5.90. The average molecular weight is 287 g/mol. The van der Waals surface area contributed by atoms with Crippen LogP contribution in [0.1, 0.15) is 36.9 Å². The van der Waals surface area contributed by atoms with Crippen molar-refractivity contribution in [3.63, 3.8) is 0 Å². The Morgan fingerprint density at radius 3 is 2.90 bits per heavy atom. The van der Waals surface area contributed by atoms with Gasteiger partial charge in [0, 0.05) is 18.8 Å². The zero-order valence-corrected chi connectivity index (χ0v) is 12.5. The van der Waals surface area contributed by atoms with Crippen molar-refractivity contribution in [3.8, 4) is 0 Å². The van der Waals surface area contributed by atoms with Gasteiger partial charge in [0.15, 0.2) is 0 Å². The number of nitrogens with zero attached hydrogens (tertiary/aromatic N) is 2. The second-order valence-electron chi connectivity index (χ2n) is 5.90. The van der Waals surface area contributed by atoms with E-state index in [2.05, 4.69) is 21.1 Å². The Bertz CT molecular complexity index is 600. The number of rotatable bonds is 5. The number of anilines is 1. The Morgan fingerprint density at radius 2 is 2.14 bits per heavy atom. The van der Waals surface area contributed by atoms with Crippen molar-refractivity contribution in [1.82, 2.24) is 9.55 Å². The van der Waals surface area contributed by atoms with E-state index in [-0.39, 0.29) is 5.82 Å². The summed E-state index contributed by atoms with van der Waals surface area (Å²) in [6.07, 6.45) is 7.95. The number of halogens is 1. The summed E-state index contributed by atoms with van der Waals surface area (Å²) in [7, 11) is 0. The molecule has 0 atom stereocenters. The van der Waals surface area contributed by atoms with Crippen LogP contribution in [0, 0.1) is 12.7 Å². The van der Waals surface area contributed by atoms with Crippen molar-refractivity contribution in [2.75, 3.05) is 5.32 Å². The lowest BCUT2D eigenvalue weighted by molar-refractivity contribution is 0.621. The number of hydrogen-bond donors (Lipinski definition) is 1. The molecule has 1 aromatic heterocycles. The van der Waals surface area contributed by atoms with Crippen molar-refractivity contribution in [2.45, 2.75) is 51.6 Å². The molecule has 1 aliphatic carbocycles. The van der Waals surface area contributed by atoms with Crippen LogP contribution < -0.4 is 5.32 Å². The topological polar surface area (TPSA) is 29.9 Å². The zero-order valence-electron chi connectivity index (χ0n) is 12.5. The van der Waals surface area contributed by atoms with Crippen molar-refractivity contribution in [2.24, 2.45) is 0 Å². The highest BCUT2D eigenvalue weighted by Crippen LogP contribution is 2.22. The van der Waals surface area contributed by atoms with Crippen LogP contribution in [0.5, 0.6) is 0 Å². The molecular formula is C17H22FN3. The first-order chi connectivity index (χ1) is 10.2. The minimum Gasteiger partial charge on any atom is -0.353 e. The maximum Gasteiger partial charge on any atom is 0.203 e. The SMILES string of the molecule is Cc1cn(CCc2cccc(F)c2)c(NC2CCCC2)n1. The monoisotopic (exact) mass is 287 g/mol. The third kappa shape index (κ3) is 3.63. The van der Waals surface area contributed by atoms with Crippen molar-refractivity contribution in [1.29, 1.82) is 0 Å². The van der Waals surface area contributed by atoms with Gasteiger partial charge < -0.3 is 9.88 Å². The Labute approximate surface area is 125 Å². The van der Waals surface area contributed by atoms with E-state index in [1.54, 1.807) is 12.1 Å². The van der Waals surface area contributed by atoms with E-state index in [4.69, 9.17) is 0 Å². The Morgan fingerprint density at radius 1 is 1.33 bits per heavy atom. The smallest absolute Gasteiger partial charge is 0.203 e. The third-order valence-corrected chi connectivity index (χ3v) is 4.12. The van der Waals surface area contributed by atoms with Crippen LogP contribution in [-0.4, -0.2) is 15.6 Å². The van der Waals surface area contributed by atoms with Gasteiger partial charge in [0.1, 0.15) is 5.82 Å². The number of aryl methyl sites for hydroxylation is 3. The molecule has 0 amide bonds. The summed E-state index contributed by atoms with van der Waals surface area (Å²) in [6.45, 7) is 2.83. The highest BCUT2D eigenvalue weighted by molar-refractivity contribution is 5.31. The number of benzene rings is 1. The molecule has 1 aromatic carbocycles. The first-order valence-electron chi connectivity index (χ1n) is 7.75. The third-order valence-electron chi connectivity index (χ3n) is 4.12. The van der Waals surface area contributed by atoms with Gasteiger partial charge in [0.25, 0.3) is 0 Å². The molecule has 0 bridgehead atoms. The number of imidazole rings is 1. The first kappa shape index (κ1) is 14.1. The summed E-state index contributed by atoms with van der Waals surface area (Å²) in [5.74, 6) is 0.786. The van der Waals surface area contributed by atoms with Crippen LogP contribution >= 0.6 is 0 Å². The van der Waals surface area contributed by atoms with Gasteiger partial charge in [-0.25, -0.2) is 9.37 Å². The molecule has 4 heteroatoms. The Hall–Kier alpha value is -1.84. The largest absolute Gasteiger partial charge is 0.353 e. The maximum atomic E-state index is 13.2. The average Bonchev–Trinajstić information content (AvgIpc) is 3.07. The molecule has 0 aliphatic heterocycles. The molecule has 1 aliphatic rings. The van der Waals surface area contributed by atoms with E-state index >= 15 is 0 Å². The van der Waals surface area contributed by atoms with E-state index in [0.29, 0.717) is 6.04 Å². The molecule has 1 saturated carbocycles. The van der Waals surface area contributed by atoms with E-state index in [9.17, 15) is 4.39 Å². The van der Waals surface area contributed by atoms with Gasteiger partial charge in [0.05, 0.1) is 5.69 Å². The fourth-order valence-electron chi connectivity index (χ4n) is 3.03. The van der Waals surface area contributed by atoms with Gasteiger partial charge >= 0.3 is 0 Å². The number of hydrogen-bond acceptors (Lipinski definition) is 2. The van der Waals surface area contributed by atoms with Gasteiger partial charge in [-0.1, -0.05) is 25.0 Å². The highest BCUT2D eigenvalue weighted by Gasteiger charge is 2.17. The highest BCUT2D eigenvalue weighted by atomic mass is 19.1. The molecule has 0 spiro atoms. The summed E-state index contributed by atoms with van der Waals surface area (Å²) in [4.78, 5) is 4.58. The van der Waals surface area contributed by atoms with Crippen molar-refractivity contribution < 1.29 is 4.39 Å². The lowest BCUT2D eigenvalue weighted by Crippen LogP contribution is -2.18. The van der Waals surface area contributed by atoms with Crippen LogP contribution in [0.25, 0.3) is 0 Å². The molecule has 3 nitrogen and oxygen atoms in total. The zero-order chi connectivity index (χ0) is 14.7. The lowest BCUT2D eigenvalue weighted by atomic mass is 10.1. The molecule has 0 saturated heterocycles. The molecule has 3 rings (SSSR count). The lowest BCUT2D eigenvalue weighted by Gasteiger charge is -2.14. The van der Waals surface area contributed by atoms with E-state index in [1.165, 1.54) is 31.7 Å². The van der Waals surface area contributed by atoms with Gasteiger partial charge in [-0.2, -0.15) is 0 Å². The van der Waals surface area contributed by atoms with Gasteiger partial charge in [-0.3, -0.25) is 0 Å². The molecule has 112 valence electrons.